The molecule has 216 valence electrons. The lowest BCUT2D eigenvalue weighted by Gasteiger charge is -2.20. The van der Waals surface area contributed by atoms with Crippen LogP contribution in [-0.2, 0) is 4.79 Å². The maximum Gasteiger partial charge on any atom is 0.224 e. The zero-order valence-corrected chi connectivity index (χ0v) is 23.7. The van der Waals surface area contributed by atoms with Gasteiger partial charge < -0.3 is 15.0 Å². The second-order valence-corrected chi connectivity index (χ2v) is 11.1. The fourth-order valence-electron chi connectivity index (χ4n) is 6.04. The number of halogens is 1. The Morgan fingerprint density at radius 1 is 1.00 bits per heavy atom. The number of carbonyl (C=O) groups excluding carboxylic acids is 1. The van der Waals surface area contributed by atoms with Crippen molar-refractivity contribution in [2.75, 3.05) is 12.4 Å². The number of carbonyl (C=O) groups is 1. The molecule has 10 heteroatoms. The van der Waals surface area contributed by atoms with E-state index >= 15 is 0 Å². The van der Waals surface area contributed by atoms with Crippen molar-refractivity contribution in [3.8, 4) is 39.5 Å². The SMILES string of the molecule is COc1cc(F)cc(-c2ccnc3[nH]c(-c4n[nH]c5cnc(-c6cncc(NC(=O)CC7CCCCC7)c6)cc45)cc23)c1. The third-order valence-corrected chi connectivity index (χ3v) is 8.17. The number of fused-ring (bicyclic) bond motifs is 2. The largest absolute Gasteiger partial charge is 0.497 e. The van der Waals surface area contributed by atoms with Gasteiger partial charge in [-0.2, -0.15) is 5.10 Å². The molecule has 6 aromatic rings. The summed E-state index contributed by atoms with van der Waals surface area (Å²) in [5.74, 6) is 0.545. The van der Waals surface area contributed by atoms with E-state index in [1.807, 2.05) is 24.3 Å². The van der Waals surface area contributed by atoms with Crippen LogP contribution in [0.2, 0.25) is 0 Å². The number of amides is 1. The van der Waals surface area contributed by atoms with Crippen molar-refractivity contribution in [3.05, 3.63) is 73.1 Å². The number of hydrogen-bond donors (Lipinski definition) is 3. The minimum absolute atomic E-state index is 0.0230. The monoisotopic (exact) mass is 575 g/mol. The summed E-state index contributed by atoms with van der Waals surface area (Å²) in [7, 11) is 1.52. The Bertz CT molecular complexity index is 1960. The maximum atomic E-state index is 14.3. The first-order valence-corrected chi connectivity index (χ1v) is 14.5. The van der Waals surface area contributed by atoms with E-state index < -0.39 is 0 Å². The van der Waals surface area contributed by atoms with Crippen LogP contribution in [0.4, 0.5) is 10.1 Å². The highest BCUT2D eigenvalue weighted by Crippen LogP contribution is 2.35. The fourth-order valence-corrected chi connectivity index (χ4v) is 6.04. The predicted molar refractivity (Wildman–Crippen MR) is 164 cm³/mol. The first-order valence-electron chi connectivity index (χ1n) is 14.5. The fraction of sp³-hybridized carbons (Fsp3) is 0.242. The van der Waals surface area contributed by atoms with Gasteiger partial charge in [-0.3, -0.25) is 19.9 Å². The zero-order chi connectivity index (χ0) is 29.3. The van der Waals surface area contributed by atoms with Crippen LogP contribution in [0.25, 0.3) is 55.7 Å². The molecule has 1 aliphatic rings. The molecule has 1 aromatic carbocycles. The van der Waals surface area contributed by atoms with E-state index in [4.69, 9.17) is 4.74 Å². The van der Waals surface area contributed by atoms with E-state index in [9.17, 15) is 9.18 Å². The van der Waals surface area contributed by atoms with Gasteiger partial charge in [0.25, 0.3) is 0 Å². The first-order chi connectivity index (χ1) is 21.0. The summed E-state index contributed by atoms with van der Waals surface area (Å²) in [6.07, 6.45) is 13.3. The summed E-state index contributed by atoms with van der Waals surface area (Å²) in [5, 5.41) is 12.3. The van der Waals surface area contributed by atoms with Gasteiger partial charge in [0, 0.05) is 41.2 Å². The third kappa shape index (κ3) is 5.43. The molecular weight excluding hydrogens is 545 g/mol. The molecule has 0 spiro atoms. The van der Waals surface area contributed by atoms with Crippen LogP contribution < -0.4 is 10.1 Å². The zero-order valence-electron chi connectivity index (χ0n) is 23.7. The van der Waals surface area contributed by atoms with Gasteiger partial charge in [0.2, 0.25) is 5.91 Å². The standard InChI is InChI=1S/C33H30FN7O2/c1-43-24-12-20(10-22(34)13-24)25-7-8-36-33-26(25)14-29(39-33)32-27-15-28(37-18-30(27)40-41-32)21-11-23(17-35-16-21)38-31(42)9-19-5-3-2-4-6-19/h7-8,10-19H,2-6,9H2,1H3,(H,36,39)(H,38,42)(H,40,41). The van der Waals surface area contributed by atoms with Crippen LogP contribution in [0.3, 0.4) is 0 Å². The molecule has 0 aliphatic heterocycles. The van der Waals surface area contributed by atoms with Crippen molar-refractivity contribution < 1.29 is 13.9 Å². The van der Waals surface area contributed by atoms with Crippen LogP contribution in [0.1, 0.15) is 38.5 Å². The van der Waals surface area contributed by atoms with Crippen LogP contribution in [0, 0.1) is 11.7 Å². The van der Waals surface area contributed by atoms with Gasteiger partial charge in [0.05, 0.1) is 42.1 Å². The summed E-state index contributed by atoms with van der Waals surface area (Å²) < 4.78 is 19.6. The number of methoxy groups -OCH3 is 1. The third-order valence-electron chi connectivity index (χ3n) is 8.17. The van der Waals surface area contributed by atoms with Crippen molar-refractivity contribution >= 4 is 33.5 Å². The van der Waals surface area contributed by atoms with Gasteiger partial charge in [0.1, 0.15) is 22.9 Å². The van der Waals surface area contributed by atoms with E-state index in [1.54, 1.807) is 30.9 Å². The maximum absolute atomic E-state index is 14.3. The van der Waals surface area contributed by atoms with Crippen LogP contribution in [0.15, 0.2) is 67.3 Å². The molecule has 0 radical (unpaired) electrons. The molecule has 5 aromatic heterocycles. The topological polar surface area (TPSA) is 121 Å². The van der Waals surface area contributed by atoms with Gasteiger partial charge in [-0.05, 0) is 66.3 Å². The normalized spacial score (nSPS) is 13.9. The molecule has 1 fully saturated rings. The molecule has 43 heavy (non-hydrogen) atoms. The highest BCUT2D eigenvalue weighted by atomic mass is 19.1. The van der Waals surface area contributed by atoms with E-state index in [0.717, 1.165) is 46.0 Å². The lowest BCUT2D eigenvalue weighted by Crippen LogP contribution is -2.18. The van der Waals surface area contributed by atoms with Crippen molar-refractivity contribution in [2.45, 2.75) is 38.5 Å². The summed E-state index contributed by atoms with van der Waals surface area (Å²) in [6, 6.07) is 12.3. The summed E-state index contributed by atoms with van der Waals surface area (Å²) in [6.45, 7) is 0. The second kappa shape index (κ2) is 11.3. The number of pyridine rings is 3. The number of nitrogens with zero attached hydrogens (tertiary/aromatic N) is 4. The molecule has 5 heterocycles. The number of aromatic amines is 2. The molecule has 7 rings (SSSR count). The lowest BCUT2D eigenvalue weighted by molar-refractivity contribution is -0.117. The number of nitrogens with one attached hydrogen (secondary N) is 3. The highest BCUT2D eigenvalue weighted by Gasteiger charge is 2.19. The average molecular weight is 576 g/mol. The second-order valence-electron chi connectivity index (χ2n) is 11.1. The van der Waals surface area contributed by atoms with Gasteiger partial charge in [-0.1, -0.05) is 19.3 Å². The molecule has 0 atom stereocenters. The molecule has 1 saturated carbocycles. The summed E-state index contributed by atoms with van der Waals surface area (Å²) in [4.78, 5) is 29.6. The minimum atomic E-state index is -0.379. The molecular formula is C33H30FN7O2. The number of hydrogen-bond acceptors (Lipinski definition) is 6. The van der Waals surface area contributed by atoms with Crippen molar-refractivity contribution in [3.63, 3.8) is 0 Å². The quantitative estimate of drug-likeness (QED) is 0.184. The van der Waals surface area contributed by atoms with Gasteiger partial charge in [0.15, 0.2) is 0 Å². The van der Waals surface area contributed by atoms with Gasteiger partial charge in [-0.25, -0.2) is 9.37 Å². The van der Waals surface area contributed by atoms with Crippen LogP contribution in [0.5, 0.6) is 5.75 Å². The molecule has 0 unspecified atom stereocenters. The Hall–Kier alpha value is -5.12. The average Bonchev–Trinajstić information content (AvgIpc) is 3.65. The Kier molecular flexibility index (Phi) is 7.02. The Morgan fingerprint density at radius 3 is 2.74 bits per heavy atom. The molecule has 1 amide bonds. The lowest BCUT2D eigenvalue weighted by atomic mass is 9.87. The predicted octanol–water partition coefficient (Wildman–Crippen LogP) is 7.29. The number of H-pyrrole nitrogens is 2. The van der Waals surface area contributed by atoms with E-state index in [2.05, 4.69) is 35.5 Å². The number of benzene rings is 1. The Balaban J connectivity index is 1.20. The van der Waals surface area contributed by atoms with Crippen molar-refractivity contribution in [2.24, 2.45) is 5.92 Å². The molecule has 0 bridgehead atoms. The van der Waals surface area contributed by atoms with E-state index in [0.29, 0.717) is 46.4 Å². The Labute approximate surface area is 247 Å². The number of rotatable bonds is 7. The van der Waals surface area contributed by atoms with Crippen LogP contribution >= 0.6 is 0 Å². The highest BCUT2D eigenvalue weighted by molar-refractivity contribution is 6.00. The number of aromatic nitrogens is 6. The molecule has 0 saturated heterocycles. The Morgan fingerprint density at radius 2 is 1.88 bits per heavy atom. The van der Waals surface area contributed by atoms with Crippen molar-refractivity contribution in [1.82, 2.24) is 30.1 Å². The number of ether oxygens (including phenoxy) is 1. The summed E-state index contributed by atoms with van der Waals surface area (Å²) in [5.41, 5.74) is 6.52. The smallest absolute Gasteiger partial charge is 0.224 e. The minimum Gasteiger partial charge on any atom is -0.497 e. The van der Waals surface area contributed by atoms with Gasteiger partial charge >= 0.3 is 0 Å². The number of anilines is 1. The van der Waals surface area contributed by atoms with E-state index in [1.165, 1.54) is 38.5 Å². The van der Waals surface area contributed by atoms with Gasteiger partial charge in [-0.15, -0.1) is 0 Å². The first kappa shape index (κ1) is 26.8. The molecule has 9 nitrogen and oxygen atoms in total. The van der Waals surface area contributed by atoms with Crippen LogP contribution in [-0.4, -0.2) is 43.2 Å². The molecule has 1 aliphatic carbocycles. The molecule has 3 N–H and O–H groups in total. The van der Waals surface area contributed by atoms with Crippen molar-refractivity contribution in [1.29, 1.82) is 0 Å². The van der Waals surface area contributed by atoms with E-state index in [-0.39, 0.29) is 11.7 Å². The summed E-state index contributed by atoms with van der Waals surface area (Å²) >= 11 is 0.